The van der Waals surface area contributed by atoms with Gasteiger partial charge < -0.3 is 4.52 Å². The van der Waals surface area contributed by atoms with E-state index in [-0.39, 0.29) is 5.56 Å². The van der Waals surface area contributed by atoms with Crippen LogP contribution < -0.4 is 5.56 Å². The molecule has 0 atom stereocenters. The molecule has 6 nitrogen and oxygen atoms in total. The predicted molar refractivity (Wildman–Crippen MR) is 80.5 cm³/mol. The molecule has 4 rings (SSSR count). The molecular formula is C16H20N4O2. The van der Waals surface area contributed by atoms with Gasteiger partial charge in [-0.3, -0.25) is 9.69 Å². The Morgan fingerprint density at radius 1 is 1.32 bits per heavy atom. The van der Waals surface area contributed by atoms with Crippen LogP contribution in [0.1, 0.15) is 35.8 Å². The summed E-state index contributed by atoms with van der Waals surface area (Å²) >= 11 is 0. The molecule has 22 heavy (non-hydrogen) atoms. The molecule has 1 aliphatic carbocycles. The third-order valence-electron chi connectivity index (χ3n) is 4.59. The lowest BCUT2D eigenvalue weighted by molar-refractivity contribution is 0.0760. The second-order valence-electron chi connectivity index (χ2n) is 6.52. The van der Waals surface area contributed by atoms with Crippen LogP contribution in [0.15, 0.2) is 27.6 Å². The van der Waals surface area contributed by atoms with E-state index in [1.54, 1.807) is 16.9 Å². The molecule has 6 heteroatoms. The van der Waals surface area contributed by atoms with Gasteiger partial charge in [0.2, 0.25) is 0 Å². The summed E-state index contributed by atoms with van der Waals surface area (Å²) in [7, 11) is 0. The highest BCUT2D eigenvalue weighted by Crippen LogP contribution is 2.38. The van der Waals surface area contributed by atoms with E-state index >= 15 is 0 Å². The summed E-state index contributed by atoms with van der Waals surface area (Å²) in [5.74, 6) is 1.97. The largest absolute Gasteiger partial charge is 0.361 e. The van der Waals surface area contributed by atoms with Crippen molar-refractivity contribution in [1.29, 1.82) is 0 Å². The van der Waals surface area contributed by atoms with Gasteiger partial charge in [-0.1, -0.05) is 5.16 Å². The Kier molecular flexibility index (Phi) is 3.33. The van der Waals surface area contributed by atoms with Gasteiger partial charge in [-0.05, 0) is 25.8 Å². The first-order chi connectivity index (χ1) is 10.7. The predicted octanol–water partition coefficient (Wildman–Crippen LogP) is 1.55. The molecular weight excluding hydrogens is 280 g/mol. The molecule has 2 aromatic heterocycles. The minimum absolute atomic E-state index is 0.0118. The van der Waals surface area contributed by atoms with Crippen LogP contribution in [0.4, 0.5) is 0 Å². The third kappa shape index (κ3) is 2.70. The van der Waals surface area contributed by atoms with E-state index in [4.69, 9.17) is 4.52 Å². The number of aryl methyl sites for hydroxylation is 1. The molecule has 0 bridgehead atoms. The first-order valence-electron chi connectivity index (χ1n) is 7.89. The van der Waals surface area contributed by atoms with Crippen LogP contribution in [0.3, 0.4) is 0 Å². The lowest BCUT2D eigenvalue weighted by Gasteiger charge is -2.39. The average molecular weight is 300 g/mol. The zero-order valence-electron chi connectivity index (χ0n) is 12.7. The second kappa shape index (κ2) is 5.35. The maximum atomic E-state index is 11.9. The Bertz CT molecular complexity index is 726. The van der Waals surface area contributed by atoms with Gasteiger partial charge in [-0.15, -0.1) is 0 Å². The van der Waals surface area contributed by atoms with Crippen molar-refractivity contribution in [2.75, 3.05) is 13.1 Å². The van der Waals surface area contributed by atoms with Crippen molar-refractivity contribution < 1.29 is 4.52 Å². The van der Waals surface area contributed by atoms with Crippen LogP contribution in [-0.2, 0) is 13.1 Å². The Hall–Kier alpha value is -1.95. The molecule has 0 aromatic carbocycles. The highest BCUT2D eigenvalue weighted by Gasteiger charge is 2.29. The Morgan fingerprint density at radius 2 is 2.14 bits per heavy atom. The lowest BCUT2D eigenvalue weighted by Crippen LogP contribution is -2.48. The van der Waals surface area contributed by atoms with Crippen molar-refractivity contribution in [3.63, 3.8) is 0 Å². The van der Waals surface area contributed by atoms with Crippen LogP contribution in [0.25, 0.3) is 0 Å². The molecule has 1 saturated heterocycles. The van der Waals surface area contributed by atoms with Gasteiger partial charge >= 0.3 is 0 Å². The second-order valence-corrected chi connectivity index (χ2v) is 6.52. The van der Waals surface area contributed by atoms with Gasteiger partial charge in [-0.2, -0.15) is 5.10 Å². The van der Waals surface area contributed by atoms with Crippen molar-refractivity contribution in [2.24, 2.45) is 5.92 Å². The highest BCUT2D eigenvalue weighted by atomic mass is 16.5. The molecule has 2 aromatic rings. The van der Waals surface area contributed by atoms with Gasteiger partial charge in [0.25, 0.3) is 5.56 Å². The van der Waals surface area contributed by atoms with E-state index in [1.807, 2.05) is 13.0 Å². The molecule has 0 spiro atoms. The van der Waals surface area contributed by atoms with E-state index < -0.39 is 0 Å². The monoisotopic (exact) mass is 300 g/mol. The Morgan fingerprint density at radius 3 is 2.82 bits per heavy atom. The van der Waals surface area contributed by atoms with Gasteiger partial charge in [0, 0.05) is 43.1 Å². The summed E-state index contributed by atoms with van der Waals surface area (Å²) in [5.41, 5.74) is 2.23. The minimum atomic E-state index is 0.0118. The fourth-order valence-electron chi connectivity index (χ4n) is 3.07. The number of hydrogen-bond acceptors (Lipinski definition) is 5. The zero-order valence-corrected chi connectivity index (χ0v) is 12.7. The quantitative estimate of drug-likeness (QED) is 0.838. The van der Waals surface area contributed by atoms with Crippen LogP contribution in [-0.4, -0.2) is 32.9 Å². The number of rotatable bonds is 5. The van der Waals surface area contributed by atoms with Gasteiger partial charge in [0.15, 0.2) is 0 Å². The summed E-state index contributed by atoms with van der Waals surface area (Å²) in [6.45, 7) is 5.51. The summed E-state index contributed by atoms with van der Waals surface area (Å²) in [4.78, 5) is 14.3. The summed E-state index contributed by atoms with van der Waals surface area (Å²) < 4.78 is 6.73. The van der Waals surface area contributed by atoms with Crippen molar-refractivity contribution in [3.05, 3.63) is 45.7 Å². The first-order valence-corrected chi connectivity index (χ1v) is 7.89. The fraction of sp³-hybridized carbons (Fsp3) is 0.562. The van der Waals surface area contributed by atoms with Crippen molar-refractivity contribution in [2.45, 2.75) is 38.8 Å². The molecule has 2 fully saturated rings. The molecule has 116 valence electrons. The Balaban J connectivity index is 1.35. The minimum Gasteiger partial charge on any atom is -0.361 e. The van der Waals surface area contributed by atoms with E-state index in [0.29, 0.717) is 11.8 Å². The van der Waals surface area contributed by atoms with E-state index in [9.17, 15) is 4.79 Å². The third-order valence-corrected chi connectivity index (χ3v) is 4.59. The maximum absolute atomic E-state index is 11.9. The number of nitrogens with zero attached hydrogens (tertiary/aromatic N) is 4. The number of aromatic nitrogens is 3. The molecule has 0 radical (unpaired) electrons. The van der Waals surface area contributed by atoms with Crippen LogP contribution in [0, 0.1) is 12.8 Å². The standard InChI is InChI=1S/C16H20N4O2/c1-11-14(6-17-22-11)10-19-7-12(8-19)9-20-16(21)5-4-15(18-20)13-2-3-13/h4-6,12-13H,2-3,7-10H2,1H3. The highest BCUT2D eigenvalue weighted by molar-refractivity contribution is 5.13. The van der Waals surface area contributed by atoms with Gasteiger partial charge in [0.05, 0.1) is 18.4 Å². The van der Waals surface area contributed by atoms with Crippen molar-refractivity contribution in [3.8, 4) is 0 Å². The molecule has 1 aliphatic heterocycles. The summed E-state index contributed by atoms with van der Waals surface area (Å²) in [5, 5.41) is 8.34. The normalized spacial score (nSPS) is 19.3. The topological polar surface area (TPSA) is 64.2 Å². The van der Waals surface area contributed by atoms with Gasteiger partial charge in [0.1, 0.15) is 5.76 Å². The average Bonchev–Trinajstić information content (AvgIpc) is 3.23. The van der Waals surface area contributed by atoms with Gasteiger partial charge in [-0.25, -0.2) is 4.68 Å². The van der Waals surface area contributed by atoms with E-state index in [1.165, 1.54) is 12.8 Å². The molecule has 0 unspecified atom stereocenters. The molecule has 0 N–H and O–H groups in total. The van der Waals surface area contributed by atoms with E-state index in [0.717, 1.165) is 43.2 Å². The van der Waals surface area contributed by atoms with Crippen LogP contribution in [0.5, 0.6) is 0 Å². The molecule has 0 amide bonds. The smallest absolute Gasteiger partial charge is 0.266 e. The number of hydrogen-bond donors (Lipinski definition) is 0. The SMILES string of the molecule is Cc1oncc1CN1CC(Cn2nc(C3CC3)ccc2=O)C1. The molecule has 1 saturated carbocycles. The van der Waals surface area contributed by atoms with Crippen molar-refractivity contribution >= 4 is 0 Å². The zero-order chi connectivity index (χ0) is 15.1. The Labute approximate surface area is 128 Å². The maximum Gasteiger partial charge on any atom is 0.266 e. The molecule has 3 heterocycles. The number of likely N-dealkylation sites (tertiary alicyclic amines) is 1. The summed E-state index contributed by atoms with van der Waals surface area (Å²) in [6, 6.07) is 3.55. The fourth-order valence-corrected chi connectivity index (χ4v) is 3.07. The van der Waals surface area contributed by atoms with Crippen LogP contribution in [0.2, 0.25) is 0 Å². The van der Waals surface area contributed by atoms with Crippen molar-refractivity contribution in [1.82, 2.24) is 19.8 Å². The van der Waals surface area contributed by atoms with Crippen LogP contribution >= 0.6 is 0 Å². The molecule has 2 aliphatic rings. The van der Waals surface area contributed by atoms with E-state index in [2.05, 4.69) is 15.2 Å². The first kappa shape index (κ1) is 13.7. The lowest BCUT2D eigenvalue weighted by atomic mass is 9.99. The summed E-state index contributed by atoms with van der Waals surface area (Å²) in [6.07, 6.45) is 4.20.